The first-order valence-corrected chi connectivity index (χ1v) is 5.09. The van der Waals surface area contributed by atoms with Crippen LogP contribution in [0.4, 0.5) is 0 Å². The predicted octanol–water partition coefficient (Wildman–Crippen LogP) is 1.85. The summed E-state index contributed by atoms with van der Waals surface area (Å²) in [6, 6.07) is 2.01. The van der Waals surface area contributed by atoms with Crippen molar-refractivity contribution in [1.82, 2.24) is 9.97 Å². The maximum atomic E-state index is 5.89. The molecular weight excluding hydrogens is 206 g/mol. The fraction of sp³-hybridized carbons (Fsp3) is 0.250. The van der Waals surface area contributed by atoms with E-state index in [1.807, 2.05) is 6.07 Å². The summed E-state index contributed by atoms with van der Waals surface area (Å²) in [6.07, 6.45) is 2.35. The van der Waals surface area contributed by atoms with Crippen molar-refractivity contribution in [2.24, 2.45) is 5.73 Å². The van der Waals surface area contributed by atoms with Gasteiger partial charge in [-0.3, -0.25) is 0 Å². The third kappa shape index (κ3) is 1.65. The molecule has 0 aliphatic heterocycles. The Bertz CT molecular complexity index is 426. The van der Waals surface area contributed by atoms with Gasteiger partial charge in [-0.2, -0.15) is 0 Å². The molecule has 2 aromatic heterocycles. The van der Waals surface area contributed by atoms with Crippen molar-refractivity contribution in [2.75, 3.05) is 6.54 Å². The molecule has 5 heteroatoms. The van der Waals surface area contributed by atoms with Crippen molar-refractivity contribution in [3.8, 4) is 0 Å². The molecule has 2 aromatic rings. The molecule has 0 radical (unpaired) electrons. The van der Waals surface area contributed by atoms with Crippen molar-refractivity contribution < 1.29 is 0 Å². The maximum Gasteiger partial charge on any atom is 0.141 e. The lowest BCUT2D eigenvalue weighted by Gasteiger charge is -1.87. The van der Waals surface area contributed by atoms with Crippen molar-refractivity contribution in [1.29, 1.82) is 0 Å². The Morgan fingerprint density at radius 1 is 1.46 bits per heavy atom. The zero-order chi connectivity index (χ0) is 9.26. The second-order valence-electron chi connectivity index (χ2n) is 2.63. The van der Waals surface area contributed by atoms with Crippen molar-refractivity contribution in [3.05, 3.63) is 22.4 Å². The highest BCUT2D eigenvalue weighted by Crippen LogP contribution is 2.27. The first kappa shape index (κ1) is 8.87. The number of hydrogen-bond acceptors (Lipinski definition) is 4. The molecule has 0 bridgehead atoms. The molecule has 2 heterocycles. The van der Waals surface area contributed by atoms with Crippen LogP contribution in [-0.2, 0) is 6.42 Å². The van der Waals surface area contributed by atoms with E-state index >= 15 is 0 Å². The summed E-state index contributed by atoms with van der Waals surface area (Å²) in [4.78, 5) is 10.2. The van der Waals surface area contributed by atoms with E-state index < -0.39 is 0 Å². The molecule has 13 heavy (non-hydrogen) atoms. The zero-order valence-corrected chi connectivity index (χ0v) is 8.40. The molecule has 0 aliphatic carbocycles. The van der Waals surface area contributed by atoms with Crippen LogP contribution in [0.5, 0.6) is 0 Å². The summed E-state index contributed by atoms with van der Waals surface area (Å²) in [6.45, 7) is 0.651. The van der Waals surface area contributed by atoms with Crippen LogP contribution in [0.2, 0.25) is 5.15 Å². The Hall–Kier alpha value is -0.710. The molecule has 0 unspecified atom stereocenters. The molecule has 3 nitrogen and oxygen atoms in total. The summed E-state index contributed by atoms with van der Waals surface area (Å²) >= 11 is 7.52. The number of hydrogen-bond donors (Lipinski definition) is 1. The van der Waals surface area contributed by atoms with Crippen molar-refractivity contribution in [3.63, 3.8) is 0 Å². The molecular formula is C8H8ClN3S. The van der Waals surface area contributed by atoms with E-state index in [4.69, 9.17) is 17.3 Å². The highest BCUT2D eigenvalue weighted by atomic mass is 35.5. The molecule has 0 saturated heterocycles. The minimum atomic E-state index is 0.518. The first-order valence-electron chi connectivity index (χ1n) is 3.90. The number of rotatable bonds is 2. The highest BCUT2D eigenvalue weighted by Gasteiger charge is 2.05. The molecule has 0 spiro atoms. The average molecular weight is 214 g/mol. The van der Waals surface area contributed by atoms with Crippen LogP contribution in [0.1, 0.15) is 4.88 Å². The third-order valence-corrected chi connectivity index (χ3v) is 3.13. The Morgan fingerprint density at radius 3 is 3.00 bits per heavy atom. The number of fused-ring (bicyclic) bond motifs is 1. The van der Waals surface area contributed by atoms with E-state index in [0.717, 1.165) is 16.6 Å². The lowest BCUT2D eigenvalue weighted by molar-refractivity contribution is 0.989. The summed E-state index contributed by atoms with van der Waals surface area (Å²) in [5.74, 6) is 0. The lowest BCUT2D eigenvalue weighted by atomic mass is 10.3. The van der Waals surface area contributed by atoms with Gasteiger partial charge in [0.2, 0.25) is 0 Å². The number of nitrogens with two attached hydrogens (primary N) is 1. The molecule has 2 rings (SSSR count). The smallest absolute Gasteiger partial charge is 0.141 e. The van der Waals surface area contributed by atoms with E-state index in [1.54, 1.807) is 11.3 Å². The van der Waals surface area contributed by atoms with E-state index in [1.165, 1.54) is 11.2 Å². The summed E-state index contributed by atoms with van der Waals surface area (Å²) in [7, 11) is 0. The van der Waals surface area contributed by atoms with E-state index in [2.05, 4.69) is 9.97 Å². The molecule has 68 valence electrons. The Balaban J connectivity index is 2.55. The van der Waals surface area contributed by atoms with Crippen LogP contribution < -0.4 is 5.73 Å². The average Bonchev–Trinajstić information content (AvgIpc) is 2.49. The van der Waals surface area contributed by atoms with Gasteiger partial charge in [0.25, 0.3) is 0 Å². The zero-order valence-electron chi connectivity index (χ0n) is 6.83. The number of thiophene rings is 1. The third-order valence-electron chi connectivity index (χ3n) is 1.72. The molecule has 2 N–H and O–H groups in total. The lowest BCUT2D eigenvalue weighted by Crippen LogP contribution is -2.00. The molecule has 0 atom stereocenters. The minimum Gasteiger partial charge on any atom is -0.330 e. The van der Waals surface area contributed by atoms with Gasteiger partial charge < -0.3 is 5.73 Å². The van der Waals surface area contributed by atoms with Gasteiger partial charge in [0.15, 0.2) is 0 Å². The van der Waals surface area contributed by atoms with Crippen LogP contribution in [-0.4, -0.2) is 16.5 Å². The monoisotopic (exact) mass is 213 g/mol. The fourth-order valence-corrected chi connectivity index (χ4v) is 2.40. The topological polar surface area (TPSA) is 51.8 Å². The van der Waals surface area contributed by atoms with Gasteiger partial charge in [-0.05, 0) is 19.0 Å². The van der Waals surface area contributed by atoms with Gasteiger partial charge in [-0.1, -0.05) is 11.6 Å². The first-order chi connectivity index (χ1) is 6.31. The molecule has 0 fully saturated rings. The Morgan fingerprint density at radius 2 is 2.31 bits per heavy atom. The van der Waals surface area contributed by atoms with Crippen LogP contribution in [0, 0.1) is 0 Å². The number of halogens is 1. The Labute approximate surface area is 84.6 Å². The molecule has 0 aromatic carbocycles. The number of aromatic nitrogens is 2. The van der Waals surface area contributed by atoms with Gasteiger partial charge in [0, 0.05) is 10.3 Å². The second kappa shape index (κ2) is 3.57. The number of nitrogens with zero attached hydrogens (tertiary/aromatic N) is 2. The quantitative estimate of drug-likeness (QED) is 0.775. The van der Waals surface area contributed by atoms with Gasteiger partial charge in [0.1, 0.15) is 16.3 Å². The fourth-order valence-electron chi connectivity index (χ4n) is 1.14. The Kier molecular flexibility index (Phi) is 2.44. The largest absolute Gasteiger partial charge is 0.330 e. The predicted molar refractivity (Wildman–Crippen MR) is 55.2 cm³/mol. The molecule has 0 saturated carbocycles. The van der Waals surface area contributed by atoms with Crippen molar-refractivity contribution in [2.45, 2.75) is 6.42 Å². The van der Waals surface area contributed by atoms with Gasteiger partial charge >= 0.3 is 0 Å². The van der Waals surface area contributed by atoms with Crippen LogP contribution in [0.15, 0.2) is 12.4 Å². The maximum absolute atomic E-state index is 5.89. The second-order valence-corrected chi connectivity index (χ2v) is 4.11. The van der Waals surface area contributed by atoms with Gasteiger partial charge in [-0.15, -0.1) is 11.3 Å². The van der Waals surface area contributed by atoms with E-state index in [0.29, 0.717) is 11.7 Å². The summed E-state index contributed by atoms with van der Waals surface area (Å²) < 4.78 is 0. The summed E-state index contributed by atoms with van der Waals surface area (Å²) in [5, 5.41) is 1.45. The SMILES string of the molecule is NCCc1cc2c(Cl)ncnc2s1. The van der Waals surface area contributed by atoms with Crippen LogP contribution in [0.3, 0.4) is 0 Å². The summed E-state index contributed by atoms with van der Waals surface area (Å²) in [5.41, 5.74) is 5.46. The van der Waals surface area contributed by atoms with Gasteiger partial charge in [0.05, 0.1) is 0 Å². The van der Waals surface area contributed by atoms with Crippen LogP contribution in [0.25, 0.3) is 10.2 Å². The normalized spacial score (nSPS) is 10.9. The van der Waals surface area contributed by atoms with Crippen molar-refractivity contribution >= 4 is 33.2 Å². The van der Waals surface area contributed by atoms with Gasteiger partial charge in [-0.25, -0.2) is 9.97 Å². The molecule has 0 aliphatic rings. The van der Waals surface area contributed by atoms with Crippen LogP contribution >= 0.6 is 22.9 Å². The minimum absolute atomic E-state index is 0.518. The standard InChI is InChI=1S/C8H8ClN3S/c9-7-6-3-5(1-2-10)13-8(6)12-4-11-7/h3-4H,1-2,10H2. The molecule has 0 amide bonds. The highest BCUT2D eigenvalue weighted by molar-refractivity contribution is 7.18. The van der Waals surface area contributed by atoms with E-state index in [-0.39, 0.29) is 0 Å². The van der Waals surface area contributed by atoms with E-state index in [9.17, 15) is 0 Å².